The summed E-state index contributed by atoms with van der Waals surface area (Å²) in [6, 6.07) is 4.44. The second-order valence-corrected chi connectivity index (χ2v) is 4.28. The first-order chi connectivity index (χ1) is 8.52. The second-order valence-electron chi connectivity index (χ2n) is 4.28. The van der Waals surface area contributed by atoms with Gasteiger partial charge in [-0.25, -0.2) is 10.5 Å². The molecule has 0 saturated carbocycles. The molecular formula is C12H13N3O3. The zero-order valence-electron chi connectivity index (χ0n) is 10.0. The molecule has 0 aliphatic rings. The molecule has 0 unspecified atom stereocenters. The first-order valence-electron chi connectivity index (χ1n) is 5.51. The van der Waals surface area contributed by atoms with Crippen molar-refractivity contribution >= 4 is 16.8 Å². The molecule has 2 aromatic rings. The number of rotatable bonds is 2. The number of H-pyrrole nitrogens is 1. The standard InChI is InChI=1S/C12H13N3O3/c1-6(2)10-13-9-5-7(11(16)15-18)3-4-8(9)12(17)14-10/h3-6,18H,1-2H3,(H,15,16)(H,13,14,17). The van der Waals surface area contributed by atoms with Crippen LogP contribution < -0.4 is 11.0 Å². The van der Waals surface area contributed by atoms with Crippen LogP contribution in [-0.2, 0) is 0 Å². The number of carbonyl (C=O) groups excluding carboxylic acids is 1. The van der Waals surface area contributed by atoms with Crippen LogP contribution >= 0.6 is 0 Å². The quantitative estimate of drug-likeness (QED) is 0.548. The van der Waals surface area contributed by atoms with Crippen molar-refractivity contribution in [3.05, 3.63) is 39.9 Å². The van der Waals surface area contributed by atoms with Crippen LogP contribution in [0.3, 0.4) is 0 Å². The number of nitrogens with one attached hydrogen (secondary N) is 2. The third-order valence-electron chi connectivity index (χ3n) is 2.64. The number of hydrogen-bond acceptors (Lipinski definition) is 4. The Balaban J connectivity index is 2.68. The molecule has 0 radical (unpaired) electrons. The van der Waals surface area contributed by atoms with Crippen LogP contribution in [0.5, 0.6) is 0 Å². The Hall–Kier alpha value is -2.21. The molecule has 3 N–H and O–H groups in total. The van der Waals surface area contributed by atoms with Gasteiger partial charge < -0.3 is 4.98 Å². The van der Waals surface area contributed by atoms with Crippen molar-refractivity contribution in [3.8, 4) is 0 Å². The molecule has 0 saturated heterocycles. The van der Waals surface area contributed by atoms with Crippen molar-refractivity contribution in [2.75, 3.05) is 0 Å². The lowest BCUT2D eigenvalue weighted by Gasteiger charge is -2.06. The maximum absolute atomic E-state index is 11.8. The largest absolute Gasteiger partial charge is 0.310 e. The molecule has 0 aliphatic heterocycles. The molecule has 1 aromatic heterocycles. The molecule has 0 atom stereocenters. The predicted molar refractivity (Wildman–Crippen MR) is 65.7 cm³/mol. The Morgan fingerprint density at radius 2 is 2.17 bits per heavy atom. The fraction of sp³-hybridized carbons (Fsp3) is 0.250. The fourth-order valence-corrected chi connectivity index (χ4v) is 1.64. The van der Waals surface area contributed by atoms with Crippen molar-refractivity contribution < 1.29 is 10.0 Å². The van der Waals surface area contributed by atoms with Gasteiger partial charge in [0.15, 0.2) is 0 Å². The smallest absolute Gasteiger partial charge is 0.274 e. The van der Waals surface area contributed by atoms with E-state index in [0.29, 0.717) is 16.7 Å². The maximum atomic E-state index is 11.8. The van der Waals surface area contributed by atoms with E-state index in [1.165, 1.54) is 18.2 Å². The van der Waals surface area contributed by atoms with Crippen molar-refractivity contribution in [3.63, 3.8) is 0 Å². The van der Waals surface area contributed by atoms with Crippen molar-refractivity contribution in [2.24, 2.45) is 0 Å². The van der Waals surface area contributed by atoms with E-state index in [1.54, 1.807) is 5.48 Å². The fourth-order valence-electron chi connectivity index (χ4n) is 1.64. The molecule has 0 fully saturated rings. The van der Waals surface area contributed by atoms with Crippen LogP contribution in [0.2, 0.25) is 0 Å². The van der Waals surface area contributed by atoms with Crippen molar-refractivity contribution in [2.45, 2.75) is 19.8 Å². The predicted octanol–water partition coefficient (Wildman–Crippen LogP) is 1.17. The van der Waals surface area contributed by atoms with Gasteiger partial charge in [0, 0.05) is 11.5 Å². The van der Waals surface area contributed by atoms with E-state index in [4.69, 9.17) is 5.21 Å². The molecule has 2 rings (SSSR count). The highest BCUT2D eigenvalue weighted by Crippen LogP contribution is 2.14. The maximum Gasteiger partial charge on any atom is 0.274 e. The van der Waals surface area contributed by atoms with Gasteiger partial charge in [-0.15, -0.1) is 0 Å². The van der Waals surface area contributed by atoms with Gasteiger partial charge >= 0.3 is 0 Å². The van der Waals surface area contributed by atoms with E-state index < -0.39 is 5.91 Å². The summed E-state index contributed by atoms with van der Waals surface area (Å²) in [4.78, 5) is 30.1. The highest BCUT2D eigenvalue weighted by atomic mass is 16.5. The third kappa shape index (κ3) is 2.10. The minimum absolute atomic E-state index is 0.0809. The van der Waals surface area contributed by atoms with Crippen LogP contribution in [0.1, 0.15) is 35.9 Å². The van der Waals surface area contributed by atoms with Gasteiger partial charge in [0.25, 0.3) is 11.5 Å². The number of amides is 1. The first kappa shape index (κ1) is 12.3. The van der Waals surface area contributed by atoms with Crippen molar-refractivity contribution in [1.82, 2.24) is 15.4 Å². The number of hydrogen-bond donors (Lipinski definition) is 3. The average Bonchev–Trinajstić information content (AvgIpc) is 2.36. The zero-order valence-corrected chi connectivity index (χ0v) is 10.0. The van der Waals surface area contributed by atoms with Crippen LogP contribution in [0, 0.1) is 0 Å². The van der Waals surface area contributed by atoms with Gasteiger partial charge in [-0.05, 0) is 18.2 Å². The summed E-state index contributed by atoms with van der Waals surface area (Å²) in [5, 5.41) is 8.98. The van der Waals surface area contributed by atoms with E-state index in [0.717, 1.165) is 0 Å². The van der Waals surface area contributed by atoms with Gasteiger partial charge in [0.05, 0.1) is 10.9 Å². The van der Waals surface area contributed by atoms with Gasteiger partial charge in [-0.2, -0.15) is 0 Å². The monoisotopic (exact) mass is 247 g/mol. The Morgan fingerprint density at radius 3 is 2.78 bits per heavy atom. The molecular weight excluding hydrogens is 234 g/mol. The van der Waals surface area contributed by atoms with E-state index in [1.807, 2.05) is 13.8 Å². The number of hydroxylamine groups is 1. The Labute approximate surface area is 103 Å². The SMILES string of the molecule is CC(C)c1nc2cc(C(=O)NO)ccc2c(=O)[nH]1. The molecule has 0 aliphatic carbocycles. The van der Waals surface area contributed by atoms with Crippen LogP contribution in [0.25, 0.3) is 10.9 Å². The minimum atomic E-state index is -0.634. The number of carbonyl (C=O) groups is 1. The minimum Gasteiger partial charge on any atom is -0.310 e. The number of fused-ring (bicyclic) bond motifs is 1. The summed E-state index contributed by atoms with van der Waals surface area (Å²) in [6.07, 6.45) is 0. The molecule has 94 valence electrons. The molecule has 1 heterocycles. The molecule has 6 nitrogen and oxygen atoms in total. The summed E-state index contributed by atoms with van der Waals surface area (Å²) in [7, 11) is 0. The summed E-state index contributed by atoms with van der Waals surface area (Å²) < 4.78 is 0. The van der Waals surface area contributed by atoms with Crippen LogP contribution in [-0.4, -0.2) is 21.1 Å². The Bertz CT molecular complexity index is 661. The zero-order chi connectivity index (χ0) is 13.3. The number of benzene rings is 1. The summed E-state index contributed by atoms with van der Waals surface area (Å²) in [5.41, 5.74) is 1.99. The molecule has 1 aromatic carbocycles. The first-order valence-corrected chi connectivity index (χ1v) is 5.51. The number of aromatic nitrogens is 2. The number of aromatic amines is 1. The Morgan fingerprint density at radius 1 is 1.44 bits per heavy atom. The van der Waals surface area contributed by atoms with E-state index in [2.05, 4.69) is 9.97 Å². The van der Waals surface area contributed by atoms with E-state index in [9.17, 15) is 9.59 Å². The molecule has 0 bridgehead atoms. The van der Waals surface area contributed by atoms with Gasteiger partial charge in [0.2, 0.25) is 0 Å². The average molecular weight is 247 g/mol. The lowest BCUT2D eigenvalue weighted by Crippen LogP contribution is -2.19. The molecule has 18 heavy (non-hydrogen) atoms. The van der Waals surface area contributed by atoms with Gasteiger partial charge in [-0.1, -0.05) is 13.8 Å². The highest BCUT2D eigenvalue weighted by molar-refractivity contribution is 5.96. The van der Waals surface area contributed by atoms with Crippen LogP contribution in [0.15, 0.2) is 23.0 Å². The van der Waals surface area contributed by atoms with Crippen LogP contribution in [0.4, 0.5) is 0 Å². The number of nitrogens with zero attached hydrogens (tertiary/aromatic N) is 1. The molecule has 1 amide bonds. The van der Waals surface area contributed by atoms with E-state index in [-0.39, 0.29) is 17.0 Å². The lowest BCUT2D eigenvalue weighted by molar-refractivity contribution is 0.0706. The third-order valence-corrected chi connectivity index (χ3v) is 2.64. The summed E-state index contributed by atoms with van der Waals surface area (Å²) >= 11 is 0. The van der Waals surface area contributed by atoms with Gasteiger partial charge in [0.1, 0.15) is 5.82 Å². The van der Waals surface area contributed by atoms with Crippen molar-refractivity contribution in [1.29, 1.82) is 0 Å². The highest BCUT2D eigenvalue weighted by Gasteiger charge is 2.10. The normalized spacial score (nSPS) is 10.9. The lowest BCUT2D eigenvalue weighted by atomic mass is 10.1. The second kappa shape index (κ2) is 4.58. The summed E-state index contributed by atoms with van der Waals surface area (Å²) in [5.74, 6) is 0.0107. The summed E-state index contributed by atoms with van der Waals surface area (Å²) in [6.45, 7) is 3.82. The Kier molecular flexibility index (Phi) is 3.12. The molecule has 6 heteroatoms. The van der Waals surface area contributed by atoms with E-state index >= 15 is 0 Å². The van der Waals surface area contributed by atoms with Gasteiger partial charge in [-0.3, -0.25) is 14.8 Å². The molecule has 0 spiro atoms. The topological polar surface area (TPSA) is 95.1 Å².